The number of rotatable bonds is 9. The Balaban J connectivity index is 1.81. The molecule has 30 heavy (non-hydrogen) atoms. The first-order valence-electron chi connectivity index (χ1n) is 10.2. The minimum Gasteiger partial charge on any atom is -0.492 e. The quantitative estimate of drug-likeness (QED) is 0.505. The molecule has 1 unspecified atom stereocenters. The van der Waals surface area contributed by atoms with Gasteiger partial charge in [0.1, 0.15) is 24.2 Å². The highest BCUT2D eigenvalue weighted by Crippen LogP contribution is 2.32. The maximum Gasteiger partial charge on any atom is 0.298 e. The van der Waals surface area contributed by atoms with E-state index in [1.807, 2.05) is 55.5 Å². The van der Waals surface area contributed by atoms with Crippen molar-refractivity contribution < 1.29 is 24.1 Å². The molecule has 1 saturated heterocycles. The van der Waals surface area contributed by atoms with Crippen LogP contribution in [0.3, 0.4) is 0 Å². The third-order valence-corrected chi connectivity index (χ3v) is 5.14. The molecule has 0 amide bonds. The lowest BCUT2D eigenvalue weighted by Gasteiger charge is -2.26. The van der Waals surface area contributed by atoms with Gasteiger partial charge in [-0.1, -0.05) is 36.4 Å². The third-order valence-electron chi connectivity index (χ3n) is 5.14. The fraction of sp³-hybridized carbons (Fsp3) is 0.375. The molecule has 1 N–H and O–H groups in total. The monoisotopic (exact) mass is 411 g/mol. The SMILES string of the molecule is Cc1ccccc1/C(=C(\OC=O)C(C)O)c1ccc(OCCN2CCOCC2)cc1. The number of carbonyl (C=O) groups excluding carboxylic acids is 1. The van der Waals surface area contributed by atoms with E-state index in [0.29, 0.717) is 18.7 Å². The molecule has 3 rings (SSSR count). The second-order valence-corrected chi connectivity index (χ2v) is 7.27. The second kappa shape index (κ2) is 10.9. The highest BCUT2D eigenvalue weighted by Gasteiger charge is 2.19. The molecule has 1 atom stereocenters. The number of morpholine rings is 1. The number of benzene rings is 2. The molecule has 0 saturated carbocycles. The zero-order chi connectivity index (χ0) is 21.3. The summed E-state index contributed by atoms with van der Waals surface area (Å²) in [6.45, 7) is 8.81. The summed E-state index contributed by atoms with van der Waals surface area (Å²) >= 11 is 0. The zero-order valence-electron chi connectivity index (χ0n) is 17.5. The third kappa shape index (κ3) is 5.69. The molecule has 1 fully saturated rings. The van der Waals surface area contributed by atoms with E-state index in [1.165, 1.54) is 0 Å². The van der Waals surface area contributed by atoms with E-state index in [2.05, 4.69) is 4.90 Å². The van der Waals surface area contributed by atoms with E-state index >= 15 is 0 Å². The fourth-order valence-electron chi connectivity index (χ4n) is 3.54. The van der Waals surface area contributed by atoms with Crippen molar-refractivity contribution in [3.8, 4) is 5.75 Å². The lowest BCUT2D eigenvalue weighted by Crippen LogP contribution is -2.38. The average Bonchev–Trinajstić information content (AvgIpc) is 2.76. The molecule has 2 aromatic carbocycles. The van der Waals surface area contributed by atoms with Gasteiger partial charge in [0, 0.05) is 25.2 Å². The molecule has 1 aliphatic heterocycles. The maximum absolute atomic E-state index is 11.1. The van der Waals surface area contributed by atoms with Gasteiger partial charge in [0.25, 0.3) is 6.47 Å². The number of ether oxygens (including phenoxy) is 3. The van der Waals surface area contributed by atoms with Crippen LogP contribution in [0.2, 0.25) is 0 Å². The van der Waals surface area contributed by atoms with E-state index in [9.17, 15) is 9.90 Å². The van der Waals surface area contributed by atoms with Gasteiger partial charge in [-0.3, -0.25) is 9.69 Å². The molecule has 0 radical (unpaired) electrons. The summed E-state index contributed by atoms with van der Waals surface area (Å²) in [6.07, 6.45) is -0.936. The standard InChI is InChI=1S/C24H29NO5/c1-18-5-3-4-6-22(18)23(24(19(2)27)30-17-26)20-7-9-21(10-8-20)29-16-13-25-11-14-28-15-12-25/h3-10,17,19,27H,11-16H2,1-2H3/b24-23-. The minimum atomic E-state index is -0.936. The molecule has 6 heteroatoms. The van der Waals surface area contributed by atoms with Crippen LogP contribution in [-0.4, -0.2) is 62.0 Å². The zero-order valence-corrected chi connectivity index (χ0v) is 17.5. The van der Waals surface area contributed by atoms with Crippen LogP contribution in [0.15, 0.2) is 54.3 Å². The van der Waals surface area contributed by atoms with E-state index in [1.54, 1.807) is 6.92 Å². The maximum atomic E-state index is 11.1. The molecular formula is C24H29NO5. The van der Waals surface area contributed by atoms with Crippen molar-refractivity contribution in [2.24, 2.45) is 0 Å². The molecule has 2 aromatic rings. The first kappa shape index (κ1) is 22.0. The van der Waals surface area contributed by atoms with Crippen molar-refractivity contribution in [3.05, 3.63) is 71.0 Å². The number of aliphatic hydroxyl groups excluding tert-OH is 1. The van der Waals surface area contributed by atoms with Crippen molar-refractivity contribution >= 4 is 12.0 Å². The van der Waals surface area contributed by atoms with Crippen LogP contribution >= 0.6 is 0 Å². The number of aryl methyl sites for hydroxylation is 1. The Hall–Kier alpha value is -2.67. The van der Waals surface area contributed by atoms with Gasteiger partial charge in [0.2, 0.25) is 0 Å². The molecule has 6 nitrogen and oxygen atoms in total. The number of hydrogen-bond donors (Lipinski definition) is 1. The first-order valence-corrected chi connectivity index (χ1v) is 10.2. The predicted octanol–water partition coefficient (Wildman–Crippen LogP) is 3.02. The van der Waals surface area contributed by atoms with Crippen LogP contribution in [0.5, 0.6) is 5.75 Å². The average molecular weight is 411 g/mol. The Morgan fingerprint density at radius 2 is 1.87 bits per heavy atom. The van der Waals surface area contributed by atoms with Gasteiger partial charge in [-0.15, -0.1) is 0 Å². The van der Waals surface area contributed by atoms with Crippen LogP contribution in [0.25, 0.3) is 5.57 Å². The normalized spacial score (nSPS) is 16.5. The number of nitrogens with zero attached hydrogens (tertiary/aromatic N) is 1. The molecule has 0 bridgehead atoms. The summed E-state index contributed by atoms with van der Waals surface area (Å²) in [4.78, 5) is 13.4. The van der Waals surface area contributed by atoms with Crippen LogP contribution in [-0.2, 0) is 14.3 Å². The van der Waals surface area contributed by atoms with Gasteiger partial charge in [-0.05, 0) is 42.7 Å². The Kier molecular flexibility index (Phi) is 8.02. The second-order valence-electron chi connectivity index (χ2n) is 7.27. The number of hydrogen-bond acceptors (Lipinski definition) is 6. The predicted molar refractivity (Wildman–Crippen MR) is 115 cm³/mol. The Morgan fingerprint density at radius 1 is 1.17 bits per heavy atom. The topological polar surface area (TPSA) is 68.2 Å². The summed E-state index contributed by atoms with van der Waals surface area (Å²) in [5, 5.41) is 10.2. The van der Waals surface area contributed by atoms with Gasteiger partial charge < -0.3 is 19.3 Å². The van der Waals surface area contributed by atoms with Gasteiger partial charge in [-0.2, -0.15) is 0 Å². The first-order chi connectivity index (χ1) is 14.6. The minimum absolute atomic E-state index is 0.222. The van der Waals surface area contributed by atoms with E-state index in [0.717, 1.165) is 55.3 Å². The Morgan fingerprint density at radius 3 is 2.50 bits per heavy atom. The Labute approximate surface area is 177 Å². The van der Waals surface area contributed by atoms with Crippen molar-refractivity contribution in [1.82, 2.24) is 4.90 Å². The van der Waals surface area contributed by atoms with Gasteiger partial charge in [0.15, 0.2) is 0 Å². The van der Waals surface area contributed by atoms with Crippen LogP contribution in [0, 0.1) is 6.92 Å². The molecule has 160 valence electrons. The summed E-state index contributed by atoms with van der Waals surface area (Å²) in [5.74, 6) is 0.992. The van der Waals surface area contributed by atoms with Crippen LogP contribution < -0.4 is 4.74 Å². The van der Waals surface area contributed by atoms with Crippen molar-refractivity contribution in [2.45, 2.75) is 20.0 Å². The van der Waals surface area contributed by atoms with E-state index < -0.39 is 6.10 Å². The van der Waals surface area contributed by atoms with Crippen molar-refractivity contribution in [3.63, 3.8) is 0 Å². The summed E-state index contributed by atoms with van der Waals surface area (Å²) in [5.41, 5.74) is 3.44. The largest absolute Gasteiger partial charge is 0.492 e. The molecule has 1 heterocycles. The lowest BCUT2D eigenvalue weighted by atomic mass is 9.92. The van der Waals surface area contributed by atoms with Gasteiger partial charge >= 0.3 is 0 Å². The van der Waals surface area contributed by atoms with Gasteiger partial charge in [-0.25, -0.2) is 0 Å². The van der Waals surface area contributed by atoms with Crippen molar-refractivity contribution in [2.75, 3.05) is 39.5 Å². The summed E-state index contributed by atoms with van der Waals surface area (Å²) in [7, 11) is 0. The van der Waals surface area contributed by atoms with Gasteiger partial charge in [0.05, 0.1) is 13.2 Å². The molecule has 0 spiro atoms. The molecule has 1 aliphatic rings. The number of carbonyl (C=O) groups is 1. The van der Waals surface area contributed by atoms with Crippen LogP contribution in [0.4, 0.5) is 0 Å². The van der Waals surface area contributed by atoms with E-state index in [-0.39, 0.29) is 5.76 Å². The smallest absolute Gasteiger partial charge is 0.298 e. The molecule has 0 aromatic heterocycles. The lowest BCUT2D eigenvalue weighted by molar-refractivity contribution is -0.126. The fourth-order valence-corrected chi connectivity index (χ4v) is 3.54. The highest BCUT2D eigenvalue weighted by molar-refractivity contribution is 5.84. The Bertz CT molecular complexity index is 854. The molecule has 0 aliphatic carbocycles. The highest BCUT2D eigenvalue weighted by atomic mass is 16.5. The number of aliphatic hydroxyl groups is 1. The van der Waals surface area contributed by atoms with Crippen LogP contribution in [0.1, 0.15) is 23.6 Å². The summed E-state index contributed by atoms with van der Waals surface area (Å²) < 4.78 is 16.4. The van der Waals surface area contributed by atoms with E-state index in [4.69, 9.17) is 14.2 Å². The van der Waals surface area contributed by atoms with Crippen molar-refractivity contribution in [1.29, 1.82) is 0 Å². The summed E-state index contributed by atoms with van der Waals surface area (Å²) in [6, 6.07) is 15.4. The molecular weight excluding hydrogens is 382 g/mol.